The topological polar surface area (TPSA) is 61.5 Å². The van der Waals surface area contributed by atoms with Gasteiger partial charge in [0.05, 0.1) is 6.61 Å². The van der Waals surface area contributed by atoms with E-state index in [1.165, 1.54) is 0 Å². The van der Waals surface area contributed by atoms with Crippen molar-refractivity contribution in [3.8, 4) is 5.75 Å². The molecular weight excluding hydrogens is 254 g/mol. The van der Waals surface area contributed by atoms with E-state index < -0.39 is 11.5 Å². The molecule has 0 amide bonds. The monoisotopic (exact) mass is 279 g/mol. The molecule has 0 fully saturated rings. The second-order valence-corrected chi connectivity index (χ2v) is 5.62. The number of ether oxygens (including phenoxy) is 2. The Morgan fingerprint density at radius 3 is 2.60 bits per heavy atom. The highest BCUT2D eigenvalue weighted by molar-refractivity contribution is 5.80. The lowest BCUT2D eigenvalue weighted by atomic mass is 10.0. The number of aryl methyl sites for hydroxylation is 1. The van der Waals surface area contributed by atoms with Gasteiger partial charge in [0.1, 0.15) is 17.9 Å². The van der Waals surface area contributed by atoms with Gasteiger partial charge in [-0.3, -0.25) is 0 Å². The van der Waals surface area contributed by atoms with Crippen LogP contribution in [0.4, 0.5) is 0 Å². The molecule has 1 atom stereocenters. The molecule has 0 spiro atoms. The zero-order valence-corrected chi connectivity index (χ0v) is 13.0. The molecule has 0 radical (unpaired) electrons. The van der Waals surface area contributed by atoms with E-state index in [-0.39, 0.29) is 6.61 Å². The van der Waals surface area contributed by atoms with Crippen molar-refractivity contribution in [2.75, 3.05) is 13.2 Å². The summed E-state index contributed by atoms with van der Waals surface area (Å²) >= 11 is 0. The average molecular weight is 279 g/mol. The Labute approximate surface area is 121 Å². The maximum absolute atomic E-state index is 11.7. The van der Waals surface area contributed by atoms with E-state index in [1.807, 2.05) is 19.1 Å². The molecule has 1 rings (SSSR count). The number of carbonyl (C=O) groups is 1. The highest BCUT2D eigenvalue weighted by atomic mass is 16.5. The van der Waals surface area contributed by atoms with Crippen LogP contribution in [0.2, 0.25) is 0 Å². The van der Waals surface area contributed by atoms with E-state index >= 15 is 0 Å². The Morgan fingerprint density at radius 2 is 2.05 bits per heavy atom. The van der Waals surface area contributed by atoms with Gasteiger partial charge in [0.15, 0.2) is 0 Å². The van der Waals surface area contributed by atoms with Gasteiger partial charge in [-0.2, -0.15) is 0 Å². The predicted octanol–water partition coefficient (Wildman–Crippen LogP) is 2.78. The summed E-state index contributed by atoms with van der Waals surface area (Å²) in [7, 11) is 0. The maximum atomic E-state index is 11.7. The van der Waals surface area contributed by atoms with Crippen LogP contribution in [0.3, 0.4) is 0 Å². The number of hydrogen-bond acceptors (Lipinski definition) is 4. The summed E-state index contributed by atoms with van der Waals surface area (Å²) in [4.78, 5) is 11.7. The third-order valence-electron chi connectivity index (χ3n) is 3.06. The Kier molecular flexibility index (Phi) is 5.57. The summed E-state index contributed by atoms with van der Waals surface area (Å²) in [5.74, 6) is 0.678. The number of esters is 1. The van der Waals surface area contributed by atoms with Crippen LogP contribution >= 0.6 is 0 Å². The molecule has 112 valence electrons. The largest absolute Gasteiger partial charge is 0.491 e. The van der Waals surface area contributed by atoms with Crippen molar-refractivity contribution in [2.45, 2.75) is 46.1 Å². The van der Waals surface area contributed by atoms with Gasteiger partial charge in [-0.05, 0) is 43.9 Å². The molecule has 4 nitrogen and oxygen atoms in total. The third kappa shape index (κ3) is 4.23. The second kappa shape index (κ2) is 6.75. The first kappa shape index (κ1) is 16.5. The van der Waals surface area contributed by atoms with Crippen LogP contribution < -0.4 is 10.5 Å². The van der Waals surface area contributed by atoms with Gasteiger partial charge in [-0.1, -0.05) is 26.0 Å². The van der Waals surface area contributed by atoms with Crippen LogP contribution in [-0.4, -0.2) is 24.7 Å². The van der Waals surface area contributed by atoms with E-state index in [4.69, 9.17) is 15.2 Å². The van der Waals surface area contributed by atoms with Gasteiger partial charge in [0.25, 0.3) is 0 Å². The number of hydrogen-bond donors (Lipinski definition) is 1. The molecule has 0 aliphatic heterocycles. The van der Waals surface area contributed by atoms with Gasteiger partial charge in [-0.25, -0.2) is 4.79 Å². The predicted molar refractivity (Wildman–Crippen MR) is 80.0 cm³/mol. The number of nitrogens with two attached hydrogens (primary N) is 1. The molecule has 0 heterocycles. The molecule has 0 aliphatic rings. The van der Waals surface area contributed by atoms with Crippen molar-refractivity contribution in [1.29, 1.82) is 0 Å². The summed E-state index contributed by atoms with van der Waals surface area (Å²) in [6.07, 6.45) is 0. The lowest BCUT2D eigenvalue weighted by Crippen LogP contribution is -2.51. The molecule has 4 heteroatoms. The molecule has 0 aliphatic carbocycles. The van der Waals surface area contributed by atoms with Crippen LogP contribution in [0.15, 0.2) is 18.2 Å². The van der Waals surface area contributed by atoms with Crippen LogP contribution in [0, 0.1) is 6.92 Å². The first-order valence-electron chi connectivity index (χ1n) is 6.97. The summed E-state index contributed by atoms with van der Waals surface area (Å²) in [6, 6.07) is 6.07. The second-order valence-electron chi connectivity index (χ2n) is 5.62. The molecule has 0 saturated carbocycles. The highest BCUT2D eigenvalue weighted by Gasteiger charge is 2.31. The van der Waals surface area contributed by atoms with Crippen molar-refractivity contribution in [2.24, 2.45) is 5.73 Å². The third-order valence-corrected chi connectivity index (χ3v) is 3.06. The fraction of sp³-hybridized carbons (Fsp3) is 0.562. The van der Waals surface area contributed by atoms with Gasteiger partial charge < -0.3 is 15.2 Å². The summed E-state index contributed by atoms with van der Waals surface area (Å²) in [6.45, 7) is 9.99. The molecule has 1 aromatic carbocycles. The Hall–Kier alpha value is -1.55. The van der Waals surface area contributed by atoms with Crippen molar-refractivity contribution in [3.63, 3.8) is 0 Å². The SMILES string of the molecule is CCOC(=O)C(C)(N)COc1cc(C)ccc1C(C)C. The fourth-order valence-corrected chi connectivity index (χ4v) is 1.83. The average Bonchev–Trinajstić information content (AvgIpc) is 2.36. The molecule has 1 unspecified atom stereocenters. The molecule has 2 N–H and O–H groups in total. The van der Waals surface area contributed by atoms with Gasteiger partial charge in [0, 0.05) is 0 Å². The van der Waals surface area contributed by atoms with Crippen molar-refractivity contribution in [3.05, 3.63) is 29.3 Å². The molecule has 0 saturated heterocycles. The summed E-state index contributed by atoms with van der Waals surface area (Å²) in [5.41, 5.74) is 7.03. The smallest absolute Gasteiger partial charge is 0.329 e. The first-order valence-corrected chi connectivity index (χ1v) is 6.97. The molecule has 0 aromatic heterocycles. The van der Waals surface area contributed by atoms with E-state index in [0.717, 1.165) is 16.9 Å². The molecular formula is C16H25NO3. The van der Waals surface area contributed by atoms with Crippen molar-refractivity contribution in [1.82, 2.24) is 0 Å². The van der Waals surface area contributed by atoms with Crippen LogP contribution in [0.25, 0.3) is 0 Å². The normalized spacial score (nSPS) is 13.9. The lowest BCUT2D eigenvalue weighted by molar-refractivity contribution is -0.150. The van der Waals surface area contributed by atoms with E-state index in [0.29, 0.717) is 12.5 Å². The Bertz CT molecular complexity index is 467. The minimum atomic E-state index is -1.14. The summed E-state index contributed by atoms with van der Waals surface area (Å²) < 4.78 is 10.7. The lowest BCUT2D eigenvalue weighted by Gasteiger charge is -2.24. The standard InChI is InChI=1S/C16H25NO3/c1-6-19-15(18)16(5,17)10-20-14-9-12(4)7-8-13(14)11(2)3/h7-9,11H,6,10,17H2,1-5H3. The maximum Gasteiger partial charge on any atom is 0.329 e. The number of carbonyl (C=O) groups excluding carboxylic acids is 1. The van der Waals surface area contributed by atoms with Crippen LogP contribution in [0.5, 0.6) is 5.75 Å². The van der Waals surface area contributed by atoms with Crippen molar-refractivity contribution >= 4 is 5.97 Å². The molecule has 0 bridgehead atoms. The number of rotatable bonds is 6. The Morgan fingerprint density at radius 1 is 1.40 bits per heavy atom. The fourth-order valence-electron chi connectivity index (χ4n) is 1.83. The Balaban J connectivity index is 2.84. The zero-order chi connectivity index (χ0) is 15.3. The van der Waals surface area contributed by atoms with E-state index in [2.05, 4.69) is 19.9 Å². The van der Waals surface area contributed by atoms with E-state index in [1.54, 1.807) is 13.8 Å². The quantitative estimate of drug-likeness (QED) is 0.813. The highest BCUT2D eigenvalue weighted by Crippen LogP contribution is 2.28. The number of benzene rings is 1. The summed E-state index contributed by atoms with van der Waals surface area (Å²) in [5, 5.41) is 0. The minimum absolute atomic E-state index is 0.0923. The minimum Gasteiger partial charge on any atom is -0.491 e. The first-order chi connectivity index (χ1) is 9.27. The van der Waals surface area contributed by atoms with Crippen LogP contribution in [0.1, 0.15) is 44.7 Å². The van der Waals surface area contributed by atoms with Crippen LogP contribution in [-0.2, 0) is 9.53 Å². The zero-order valence-electron chi connectivity index (χ0n) is 13.0. The van der Waals surface area contributed by atoms with Crippen molar-refractivity contribution < 1.29 is 14.3 Å². The molecule has 1 aromatic rings. The van der Waals surface area contributed by atoms with Gasteiger partial charge in [0.2, 0.25) is 0 Å². The van der Waals surface area contributed by atoms with Gasteiger partial charge in [-0.15, -0.1) is 0 Å². The van der Waals surface area contributed by atoms with Gasteiger partial charge >= 0.3 is 5.97 Å². The molecule has 20 heavy (non-hydrogen) atoms. The van der Waals surface area contributed by atoms with E-state index in [9.17, 15) is 4.79 Å².